The van der Waals surface area contributed by atoms with Gasteiger partial charge in [-0.3, -0.25) is 9.59 Å². The van der Waals surface area contributed by atoms with Crippen LogP contribution in [0.1, 0.15) is 251 Å². The number of esters is 2. The molecule has 0 aromatic rings. The molecule has 0 amide bonds. The minimum Gasteiger partial charge on any atom is -0.462 e. The lowest BCUT2D eigenvalue weighted by Crippen LogP contribution is -2.59. The average molecular weight is 857 g/mol. The van der Waals surface area contributed by atoms with Gasteiger partial charge in [-0.15, -0.1) is 0 Å². The van der Waals surface area contributed by atoms with E-state index in [1.54, 1.807) is 0 Å². The van der Waals surface area contributed by atoms with Gasteiger partial charge in [-0.05, 0) is 12.8 Å². The quantitative estimate of drug-likeness (QED) is 0.0344. The van der Waals surface area contributed by atoms with Gasteiger partial charge in [0.15, 0.2) is 12.4 Å². The van der Waals surface area contributed by atoms with Gasteiger partial charge < -0.3 is 39.4 Å². The number of aliphatic hydroxyl groups excluding tert-OH is 4. The maximum absolute atomic E-state index is 12.8. The van der Waals surface area contributed by atoms with Crippen LogP contribution in [-0.2, 0) is 28.5 Å². The molecule has 0 bridgehead atoms. The molecule has 0 saturated carbocycles. The summed E-state index contributed by atoms with van der Waals surface area (Å²) in [7, 11) is 0. The largest absolute Gasteiger partial charge is 0.462 e. The van der Waals surface area contributed by atoms with E-state index >= 15 is 0 Å². The molecule has 1 rings (SSSR count). The monoisotopic (exact) mass is 857 g/mol. The Morgan fingerprint density at radius 3 is 1.13 bits per heavy atom. The first-order chi connectivity index (χ1) is 29.3. The van der Waals surface area contributed by atoms with Crippen molar-refractivity contribution in [3.8, 4) is 0 Å². The van der Waals surface area contributed by atoms with Gasteiger partial charge in [0, 0.05) is 12.8 Å². The molecule has 2 unspecified atom stereocenters. The van der Waals surface area contributed by atoms with Crippen LogP contribution in [0.4, 0.5) is 0 Å². The number of hydrogen-bond donors (Lipinski definition) is 4. The third kappa shape index (κ3) is 32.4. The molecule has 1 saturated heterocycles. The summed E-state index contributed by atoms with van der Waals surface area (Å²) in [4.78, 5) is 25.4. The number of carbonyl (C=O) groups is 2. The fourth-order valence-corrected chi connectivity index (χ4v) is 8.19. The lowest BCUT2D eigenvalue weighted by atomic mass is 9.99. The zero-order valence-corrected chi connectivity index (χ0v) is 39.0. The van der Waals surface area contributed by atoms with Crippen LogP contribution in [0.2, 0.25) is 0 Å². The van der Waals surface area contributed by atoms with Crippen LogP contribution in [0, 0.1) is 0 Å². The highest BCUT2D eigenvalue weighted by Crippen LogP contribution is 2.23. The molecular weight excluding hydrogens is 761 g/mol. The van der Waals surface area contributed by atoms with E-state index in [2.05, 4.69) is 13.8 Å². The van der Waals surface area contributed by atoms with Crippen molar-refractivity contribution in [1.82, 2.24) is 0 Å². The predicted molar refractivity (Wildman–Crippen MR) is 243 cm³/mol. The highest BCUT2D eigenvalue weighted by atomic mass is 16.7. The van der Waals surface area contributed by atoms with Crippen LogP contribution in [0.25, 0.3) is 0 Å². The summed E-state index contributed by atoms with van der Waals surface area (Å²) in [6.45, 7) is 3.48. The van der Waals surface area contributed by atoms with E-state index < -0.39 is 49.4 Å². The summed E-state index contributed by atoms with van der Waals surface area (Å²) in [5.41, 5.74) is 0. The van der Waals surface area contributed by atoms with Crippen LogP contribution >= 0.6 is 0 Å². The molecule has 1 fully saturated rings. The van der Waals surface area contributed by atoms with Gasteiger partial charge in [0.05, 0.1) is 13.2 Å². The molecule has 0 aliphatic carbocycles. The van der Waals surface area contributed by atoms with Gasteiger partial charge in [0.1, 0.15) is 31.0 Å². The lowest BCUT2D eigenvalue weighted by Gasteiger charge is -2.39. The van der Waals surface area contributed by atoms with Gasteiger partial charge >= 0.3 is 11.9 Å². The summed E-state index contributed by atoms with van der Waals surface area (Å²) in [6.07, 6.45) is 36.8. The summed E-state index contributed by atoms with van der Waals surface area (Å²) in [5, 5.41) is 40.2. The Kier molecular flexibility index (Phi) is 39.4. The van der Waals surface area contributed by atoms with Gasteiger partial charge in [0.25, 0.3) is 0 Å². The standard InChI is InChI=1S/C50H96O10/c1-3-5-7-9-11-13-15-17-19-20-21-22-23-25-27-29-31-33-35-37-39-46(53)59-43(42-58-50-49(56)48(55)47(54)44(40-51)60-50)41-57-45(52)38-36-34-32-30-28-26-24-18-16-14-12-10-8-6-4-2/h43-44,47-51,54-56H,3-42H2,1-2H3/t43-,44-,47+,48?,49?,50-/m1/s1. The van der Waals surface area contributed by atoms with Crippen LogP contribution < -0.4 is 0 Å². The van der Waals surface area contributed by atoms with Gasteiger partial charge in [0.2, 0.25) is 0 Å². The number of unbranched alkanes of at least 4 members (excludes halogenated alkanes) is 33. The maximum atomic E-state index is 12.8. The molecule has 60 heavy (non-hydrogen) atoms. The van der Waals surface area contributed by atoms with Crippen LogP contribution in [0.5, 0.6) is 0 Å². The Labute approximate surface area is 368 Å². The number of carbonyl (C=O) groups excluding carboxylic acids is 2. The Morgan fingerprint density at radius 1 is 0.450 bits per heavy atom. The molecule has 1 aliphatic rings. The fraction of sp³-hybridized carbons (Fsp3) is 0.960. The normalized spacial score (nSPS) is 19.7. The minimum absolute atomic E-state index is 0.208. The van der Waals surface area contributed by atoms with E-state index in [0.29, 0.717) is 6.42 Å². The number of rotatable bonds is 44. The first kappa shape index (κ1) is 56.7. The summed E-state index contributed by atoms with van der Waals surface area (Å²) >= 11 is 0. The average Bonchev–Trinajstić information content (AvgIpc) is 3.25. The van der Waals surface area contributed by atoms with E-state index in [9.17, 15) is 30.0 Å². The number of aliphatic hydroxyl groups is 4. The van der Waals surface area contributed by atoms with Crippen molar-refractivity contribution < 1.29 is 49.0 Å². The third-order valence-corrected chi connectivity index (χ3v) is 12.2. The van der Waals surface area contributed by atoms with E-state index in [1.807, 2.05) is 0 Å². The lowest BCUT2D eigenvalue weighted by molar-refractivity contribution is -0.305. The molecule has 0 aromatic heterocycles. The van der Waals surface area contributed by atoms with Gasteiger partial charge in [-0.1, -0.05) is 226 Å². The van der Waals surface area contributed by atoms with E-state index in [1.165, 1.54) is 186 Å². The molecule has 1 aliphatic heterocycles. The molecule has 6 atom stereocenters. The zero-order chi connectivity index (χ0) is 43.7. The Hall–Kier alpha value is -1.30. The predicted octanol–water partition coefficient (Wildman–Crippen LogP) is 11.7. The first-order valence-electron chi connectivity index (χ1n) is 25.6. The van der Waals surface area contributed by atoms with Crippen LogP contribution in [-0.4, -0.2) is 89.0 Å². The van der Waals surface area contributed by atoms with Crippen molar-refractivity contribution in [1.29, 1.82) is 0 Å². The van der Waals surface area contributed by atoms with Crippen molar-refractivity contribution in [3.63, 3.8) is 0 Å². The second-order valence-corrected chi connectivity index (χ2v) is 18.0. The molecule has 10 nitrogen and oxygen atoms in total. The molecule has 1 heterocycles. The minimum atomic E-state index is -1.59. The summed E-state index contributed by atoms with van der Waals surface area (Å²) in [6, 6.07) is 0. The van der Waals surface area contributed by atoms with Crippen molar-refractivity contribution in [3.05, 3.63) is 0 Å². The SMILES string of the molecule is CCCCCCCCCCCCCCCCCCCCCCC(=O)O[C@H](COC(=O)CCCCCCCCCCCCCCCCC)CO[C@@H]1O[C@H](CO)[C@H](O)C(O)C1O. The van der Waals surface area contributed by atoms with Crippen LogP contribution in [0.15, 0.2) is 0 Å². The molecule has 4 N–H and O–H groups in total. The summed E-state index contributed by atoms with van der Waals surface area (Å²) in [5.74, 6) is -0.786. The second-order valence-electron chi connectivity index (χ2n) is 18.0. The van der Waals surface area contributed by atoms with Gasteiger partial charge in [-0.2, -0.15) is 0 Å². The highest BCUT2D eigenvalue weighted by molar-refractivity contribution is 5.70. The zero-order valence-electron chi connectivity index (χ0n) is 39.0. The highest BCUT2D eigenvalue weighted by Gasteiger charge is 2.44. The summed E-state index contributed by atoms with van der Waals surface area (Å²) < 4.78 is 22.2. The second kappa shape index (κ2) is 41.7. The van der Waals surface area contributed by atoms with Crippen molar-refractivity contribution >= 4 is 11.9 Å². The molecular formula is C50H96O10. The van der Waals surface area contributed by atoms with Crippen molar-refractivity contribution in [2.45, 2.75) is 288 Å². The smallest absolute Gasteiger partial charge is 0.306 e. The molecule has 0 aromatic carbocycles. The molecule has 10 heteroatoms. The molecule has 0 spiro atoms. The Balaban J connectivity index is 2.24. The van der Waals surface area contributed by atoms with Crippen molar-refractivity contribution in [2.24, 2.45) is 0 Å². The van der Waals surface area contributed by atoms with E-state index in [0.717, 1.165) is 32.1 Å². The Morgan fingerprint density at radius 2 is 0.783 bits per heavy atom. The third-order valence-electron chi connectivity index (χ3n) is 12.2. The topological polar surface area (TPSA) is 152 Å². The Bertz CT molecular complexity index is 948. The van der Waals surface area contributed by atoms with E-state index in [-0.39, 0.29) is 32.0 Å². The maximum Gasteiger partial charge on any atom is 0.306 e. The molecule has 356 valence electrons. The van der Waals surface area contributed by atoms with Crippen molar-refractivity contribution in [2.75, 3.05) is 19.8 Å². The molecule has 0 radical (unpaired) electrons. The first-order valence-corrected chi connectivity index (χ1v) is 25.6. The fourth-order valence-electron chi connectivity index (χ4n) is 8.19. The number of ether oxygens (including phenoxy) is 4. The van der Waals surface area contributed by atoms with Crippen LogP contribution in [0.3, 0.4) is 0 Å². The van der Waals surface area contributed by atoms with E-state index in [4.69, 9.17) is 18.9 Å². The number of hydrogen-bond acceptors (Lipinski definition) is 10. The van der Waals surface area contributed by atoms with Gasteiger partial charge in [-0.25, -0.2) is 0 Å².